The molecule has 2 aromatic heterocycles. The summed E-state index contributed by atoms with van der Waals surface area (Å²) in [5, 5.41) is 18.4. The van der Waals surface area contributed by atoms with Gasteiger partial charge in [-0.25, -0.2) is 14.5 Å². The number of hydrogen-bond donors (Lipinski definition) is 1. The average molecular weight is 486 g/mol. The summed E-state index contributed by atoms with van der Waals surface area (Å²) in [5.41, 5.74) is 2.68. The second-order valence-corrected chi connectivity index (χ2v) is 8.21. The van der Waals surface area contributed by atoms with Crippen LogP contribution in [-0.4, -0.2) is 31.6 Å². The number of nitro benzene ring substituents is 1. The lowest BCUT2D eigenvalue weighted by Crippen LogP contribution is -2.26. The van der Waals surface area contributed by atoms with Gasteiger partial charge in [-0.3, -0.25) is 14.9 Å². The highest BCUT2D eigenvalue weighted by atomic mass is 16.6. The summed E-state index contributed by atoms with van der Waals surface area (Å²) in [7, 11) is 0. The Hall–Kier alpha value is -4.86. The molecule has 0 aliphatic rings. The molecule has 0 saturated carbocycles. The van der Waals surface area contributed by atoms with Crippen molar-refractivity contribution in [3.05, 3.63) is 111 Å². The Bertz CT molecular complexity index is 1430. The summed E-state index contributed by atoms with van der Waals surface area (Å²) in [6.07, 6.45) is -0.00546. The van der Waals surface area contributed by atoms with Gasteiger partial charge in [0.15, 0.2) is 5.82 Å². The van der Waals surface area contributed by atoms with Crippen LogP contribution in [-0.2, 0) is 9.53 Å². The van der Waals surface area contributed by atoms with E-state index in [1.165, 1.54) is 24.4 Å². The number of carbonyl (C=O) groups is 2. The molecule has 1 amide bonds. The Morgan fingerprint density at radius 1 is 1.03 bits per heavy atom. The summed E-state index contributed by atoms with van der Waals surface area (Å²) in [6.45, 7) is 5.47. The number of aromatic nitrogens is 3. The Labute approximate surface area is 206 Å². The molecule has 0 bridgehead atoms. The SMILES string of the molecule is Cc1ccc(NC(=O)C(OC(=O)c2ccc(-n3nc(C)cc3C)nc2)c2ccccc2)c([N+](=O)[O-])c1. The number of ether oxygens (including phenoxy) is 1. The second kappa shape index (κ2) is 10.2. The minimum absolute atomic E-state index is 0.00323. The van der Waals surface area contributed by atoms with Gasteiger partial charge < -0.3 is 10.1 Å². The number of pyridine rings is 1. The third-order valence-electron chi connectivity index (χ3n) is 5.38. The van der Waals surface area contributed by atoms with E-state index in [0.717, 1.165) is 11.4 Å². The van der Waals surface area contributed by atoms with E-state index in [-0.39, 0.29) is 16.9 Å². The zero-order valence-electron chi connectivity index (χ0n) is 19.8. The largest absolute Gasteiger partial charge is 0.444 e. The molecule has 4 aromatic rings. The quantitative estimate of drug-likeness (QED) is 0.229. The number of nitrogens with zero attached hydrogens (tertiary/aromatic N) is 4. The van der Waals surface area contributed by atoms with Gasteiger partial charge in [-0.05, 0) is 50.6 Å². The van der Waals surface area contributed by atoms with Crippen LogP contribution in [0, 0.1) is 30.9 Å². The van der Waals surface area contributed by atoms with E-state index in [4.69, 9.17) is 4.74 Å². The molecule has 2 aromatic carbocycles. The molecule has 0 aliphatic heterocycles. The molecule has 1 unspecified atom stereocenters. The Morgan fingerprint density at radius 3 is 2.39 bits per heavy atom. The third kappa shape index (κ3) is 5.27. The zero-order valence-corrected chi connectivity index (χ0v) is 19.8. The summed E-state index contributed by atoms with van der Waals surface area (Å²) >= 11 is 0. The van der Waals surface area contributed by atoms with Crippen molar-refractivity contribution in [3.63, 3.8) is 0 Å². The van der Waals surface area contributed by atoms with Gasteiger partial charge in [0.1, 0.15) is 5.69 Å². The average Bonchev–Trinajstić information content (AvgIpc) is 3.21. The lowest BCUT2D eigenvalue weighted by atomic mass is 10.1. The molecular formula is C26H23N5O5. The Morgan fingerprint density at radius 2 is 1.78 bits per heavy atom. The first-order chi connectivity index (χ1) is 17.2. The first-order valence-corrected chi connectivity index (χ1v) is 11.0. The molecule has 0 saturated heterocycles. The molecule has 1 N–H and O–H groups in total. The summed E-state index contributed by atoms with van der Waals surface area (Å²) in [5.74, 6) is -0.972. The van der Waals surface area contributed by atoms with E-state index in [1.54, 1.807) is 54.1 Å². The predicted molar refractivity (Wildman–Crippen MR) is 132 cm³/mol. The molecule has 4 rings (SSSR count). The van der Waals surface area contributed by atoms with E-state index in [9.17, 15) is 19.7 Å². The molecule has 0 aliphatic carbocycles. The number of nitrogens with one attached hydrogen (secondary N) is 1. The van der Waals surface area contributed by atoms with Crippen LogP contribution < -0.4 is 5.32 Å². The summed E-state index contributed by atoms with van der Waals surface area (Å²) in [6, 6.07) is 17.9. The summed E-state index contributed by atoms with van der Waals surface area (Å²) in [4.78, 5) is 41.3. The van der Waals surface area contributed by atoms with Gasteiger partial charge in [-0.15, -0.1) is 0 Å². The highest BCUT2D eigenvalue weighted by Crippen LogP contribution is 2.28. The molecule has 2 heterocycles. The normalized spacial score (nSPS) is 11.5. The van der Waals surface area contributed by atoms with Crippen LogP contribution >= 0.6 is 0 Å². The fourth-order valence-corrected chi connectivity index (χ4v) is 3.67. The molecule has 10 heteroatoms. The first kappa shape index (κ1) is 24.3. The van der Waals surface area contributed by atoms with E-state index in [0.29, 0.717) is 16.9 Å². The Balaban J connectivity index is 1.58. The number of amides is 1. The van der Waals surface area contributed by atoms with Crippen LogP contribution in [0.3, 0.4) is 0 Å². The second-order valence-electron chi connectivity index (χ2n) is 8.21. The Kier molecular flexibility index (Phi) is 6.86. The van der Waals surface area contributed by atoms with E-state index < -0.39 is 22.9 Å². The standard InChI is InChI=1S/C26H23N5O5/c1-16-9-11-21(22(13-16)31(34)35)28-25(32)24(19-7-5-4-6-8-19)36-26(33)20-10-12-23(27-15-20)30-18(3)14-17(2)29-30/h4-15,24H,1-3H3,(H,28,32). The van der Waals surface area contributed by atoms with Gasteiger partial charge in [-0.1, -0.05) is 36.4 Å². The first-order valence-electron chi connectivity index (χ1n) is 11.0. The van der Waals surface area contributed by atoms with Gasteiger partial charge in [-0.2, -0.15) is 5.10 Å². The maximum absolute atomic E-state index is 13.2. The van der Waals surface area contributed by atoms with E-state index in [1.807, 2.05) is 19.9 Å². The molecule has 1 atom stereocenters. The molecule has 0 spiro atoms. The summed E-state index contributed by atoms with van der Waals surface area (Å²) < 4.78 is 7.22. The monoisotopic (exact) mass is 485 g/mol. The topological polar surface area (TPSA) is 129 Å². The van der Waals surface area contributed by atoms with Crippen LogP contribution in [0.25, 0.3) is 5.82 Å². The molecule has 36 heavy (non-hydrogen) atoms. The van der Waals surface area contributed by atoms with Gasteiger partial charge >= 0.3 is 5.97 Å². The fourth-order valence-electron chi connectivity index (χ4n) is 3.67. The van der Waals surface area contributed by atoms with Crippen molar-refractivity contribution in [1.29, 1.82) is 0 Å². The minimum Gasteiger partial charge on any atom is -0.444 e. The van der Waals surface area contributed by atoms with Crippen molar-refractivity contribution in [3.8, 4) is 5.82 Å². The maximum atomic E-state index is 13.2. The van der Waals surface area contributed by atoms with Gasteiger partial charge in [0.05, 0.1) is 16.2 Å². The molecular weight excluding hydrogens is 462 g/mol. The van der Waals surface area contributed by atoms with Crippen molar-refractivity contribution < 1.29 is 19.2 Å². The van der Waals surface area contributed by atoms with Gasteiger partial charge in [0.25, 0.3) is 11.6 Å². The fraction of sp³-hybridized carbons (Fsp3) is 0.154. The number of hydrogen-bond acceptors (Lipinski definition) is 7. The van der Waals surface area contributed by atoms with Crippen LogP contribution in [0.5, 0.6) is 0 Å². The molecule has 182 valence electrons. The van der Waals surface area contributed by atoms with Crippen molar-refractivity contribution in [1.82, 2.24) is 14.8 Å². The van der Waals surface area contributed by atoms with E-state index >= 15 is 0 Å². The lowest BCUT2D eigenvalue weighted by Gasteiger charge is -2.18. The molecule has 0 fully saturated rings. The van der Waals surface area contributed by atoms with Gasteiger partial charge in [0.2, 0.25) is 6.10 Å². The number of anilines is 1. The van der Waals surface area contributed by atoms with Crippen LogP contribution in [0.4, 0.5) is 11.4 Å². The third-order valence-corrected chi connectivity index (χ3v) is 5.38. The van der Waals surface area contributed by atoms with Crippen LogP contribution in [0.15, 0.2) is 72.9 Å². The van der Waals surface area contributed by atoms with Crippen molar-refractivity contribution in [2.24, 2.45) is 0 Å². The number of nitro groups is 1. The van der Waals surface area contributed by atoms with Gasteiger partial charge in [0, 0.05) is 23.5 Å². The number of esters is 1. The van der Waals surface area contributed by atoms with Crippen LogP contribution in [0.2, 0.25) is 0 Å². The maximum Gasteiger partial charge on any atom is 0.340 e. The molecule has 10 nitrogen and oxygen atoms in total. The predicted octanol–water partition coefficient (Wildman–Crippen LogP) is 4.64. The highest BCUT2D eigenvalue weighted by molar-refractivity contribution is 5.99. The number of aryl methyl sites for hydroxylation is 3. The molecule has 0 radical (unpaired) electrons. The van der Waals surface area contributed by atoms with Crippen LogP contribution in [0.1, 0.15) is 39.0 Å². The zero-order chi connectivity index (χ0) is 25.8. The minimum atomic E-state index is -1.35. The van der Waals surface area contributed by atoms with Crippen molar-refractivity contribution in [2.45, 2.75) is 26.9 Å². The smallest absolute Gasteiger partial charge is 0.340 e. The number of carbonyl (C=O) groups excluding carboxylic acids is 2. The number of rotatable bonds is 7. The highest BCUT2D eigenvalue weighted by Gasteiger charge is 2.28. The van der Waals surface area contributed by atoms with Crippen molar-refractivity contribution >= 4 is 23.3 Å². The number of benzene rings is 2. The van der Waals surface area contributed by atoms with E-state index in [2.05, 4.69) is 15.4 Å². The van der Waals surface area contributed by atoms with Crippen molar-refractivity contribution in [2.75, 3.05) is 5.32 Å². The lowest BCUT2D eigenvalue weighted by molar-refractivity contribution is -0.384.